The molecule has 1 aliphatic rings. The lowest BCUT2D eigenvalue weighted by Crippen LogP contribution is -2.45. The minimum Gasteiger partial charge on any atom is -0.383 e. The van der Waals surface area contributed by atoms with Crippen LogP contribution >= 0.6 is 0 Å². The number of benzene rings is 1. The van der Waals surface area contributed by atoms with Crippen molar-refractivity contribution >= 4 is 17.5 Å². The first-order chi connectivity index (χ1) is 10.1. The summed E-state index contributed by atoms with van der Waals surface area (Å²) in [6.45, 7) is 0.963. The number of carbonyl (C=O) groups is 2. The molecule has 0 bridgehead atoms. The molecule has 0 saturated heterocycles. The number of likely N-dealkylation sites (N-methyl/N-ethyl adjacent to an activating group) is 1. The average molecular weight is 291 g/mol. The lowest BCUT2D eigenvalue weighted by Gasteiger charge is -2.21. The molecule has 2 rings (SSSR count). The molecule has 2 N–H and O–H groups in total. The molecule has 0 spiro atoms. The Labute approximate surface area is 124 Å². The predicted octanol–water partition coefficient (Wildman–Crippen LogP) is 0.244. The molecule has 1 aromatic carbocycles. The van der Waals surface area contributed by atoms with Gasteiger partial charge in [0.15, 0.2) is 0 Å². The third-order valence-corrected chi connectivity index (χ3v) is 3.45. The first-order valence-corrected chi connectivity index (χ1v) is 6.97. The van der Waals surface area contributed by atoms with Crippen LogP contribution in [0.25, 0.3) is 0 Å². The second-order valence-corrected chi connectivity index (χ2v) is 5.10. The van der Waals surface area contributed by atoms with Crippen LogP contribution in [-0.4, -0.2) is 56.6 Å². The molecule has 0 saturated carbocycles. The standard InChI is InChI=1S/C15H21N3O3/c1-18(10-14(19)16-7-8-21-2)15(20)13-9-11-5-3-4-6-12(11)17-13/h3-6,13,17H,7-10H2,1-2H3,(H,16,19)/t13-/m0/s1. The van der Waals surface area contributed by atoms with E-state index in [0.29, 0.717) is 19.6 Å². The summed E-state index contributed by atoms with van der Waals surface area (Å²) in [6, 6.07) is 7.57. The van der Waals surface area contributed by atoms with E-state index in [2.05, 4.69) is 10.6 Å². The molecular formula is C15H21N3O3. The van der Waals surface area contributed by atoms with E-state index in [9.17, 15) is 9.59 Å². The highest BCUT2D eigenvalue weighted by molar-refractivity contribution is 5.90. The molecule has 0 fully saturated rings. The summed E-state index contributed by atoms with van der Waals surface area (Å²) in [5.41, 5.74) is 2.13. The summed E-state index contributed by atoms with van der Waals surface area (Å²) >= 11 is 0. The van der Waals surface area contributed by atoms with Crippen molar-refractivity contribution in [2.24, 2.45) is 0 Å². The number of para-hydroxylation sites is 1. The van der Waals surface area contributed by atoms with Gasteiger partial charge in [-0.1, -0.05) is 18.2 Å². The van der Waals surface area contributed by atoms with Crippen LogP contribution in [0, 0.1) is 0 Å². The van der Waals surface area contributed by atoms with Crippen molar-refractivity contribution in [2.75, 3.05) is 39.2 Å². The molecule has 0 unspecified atom stereocenters. The number of methoxy groups -OCH3 is 1. The molecule has 21 heavy (non-hydrogen) atoms. The van der Waals surface area contributed by atoms with Gasteiger partial charge in [0.25, 0.3) is 0 Å². The Bertz CT molecular complexity index is 494. The Hall–Kier alpha value is -2.08. The van der Waals surface area contributed by atoms with E-state index in [1.807, 2.05) is 24.3 Å². The van der Waals surface area contributed by atoms with Gasteiger partial charge in [-0.05, 0) is 11.6 Å². The van der Waals surface area contributed by atoms with E-state index >= 15 is 0 Å². The van der Waals surface area contributed by atoms with Crippen LogP contribution in [-0.2, 0) is 20.7 Å². The Morgan fingerprint density at radius 1 is 1.43 bits per heavy atom. The van der Waals surface area contributed by atoms with Crippen LogP contribution < -0.4 is 10.6 Å². The van der Waals surface area contributed by atoms with Gasteiger partial charge >= 0.3 is 0 Å². The fraction of sp³-hybridized carbons (Fsp3) is 0.467. The maximum absolute atomic E-state index is 12.3. The molecule has 0 radical (unpaired) electrons. The Balaban J connectivity index is 1.82. The molecule has 6 heteroatoms. The minimum atomic E-state index is -0.292. The smallest absolute Gasteiger partial charge is 0.245 e. The molecule has 1 aliphatic heterocycles. The normalized spacial score (nSPS) is 16.0. The number of carbonyl (C=O) groups excluding carboxylic acids is 2. The first kappa shape index (κ1) is 15.3. The second-order valence-electron chi connectivity index (χ2n) is 5.10. The van der Waals surface area contributed by atoms with E-state index in [0.717, 1.165) is 11.3 Å². The zero-order valence-corrected chi connectivity index (χ0v) is 12.4. The SMILES string of the molecule is COCCNC(=O)CN(C)C(=O)[C@@H]1Cc2ccccc2N1. The van der Waals surface area contributed by atoms with Gasteiger partial charge in [-0.3, -0.25) is 9.59 Å². The molecule has 1 atom stereocenters. The van der Waals surface area contributed by atoms with Gasteiger partial charge in [-0.25, -0.2) is 0 Å². The van der Waals surface area contributed by atoms with Crippen molar-refractivity contribution in [1.29, 1.82) is 0 Å². The van der Waals surface area contributed by atoms with E-state index in [-0.39, 0.29) is 24.4 Å². The third kappa shape index (κ3) is 3.95. The van der Waals surface area contributed by atoms with Gasteiger partial charge in [0.1, 0.15) is 6.04 Å². The maximum Gasteiger partial charge on any atom is 0.245 e. The Kier molecular flexibility index (Phi) is 5.16. The van der Waals surface area contributed by atoms with Gasteiger partial charge in [0, 0.05) is 32.8 Å². The number of anilines is 1. The van der Waals surface area contributed by atoms with E-state index < -0.39 is 0 Å². The van der Waals surface area contributed by atoms with E-state index in [4.69, 9.17) is 4.74 Å². The largest absolute Gasteiger partial charge is 0.383 e. The van der Waals surface area contributed by atoms with Crippen molar-refractivity contribution in [2.45, 2.75) is 12.5 Å². The summed E-state index contributed by atoms with van der Waals surface area (Å²) in [5, 5.41) is 5.90. The summed E-state index contributed by atoms with van der Waals surface area (Å²) in [6.07, 6.45) is 0.657. The lowest BCUT2D eigenvalue weighted by atomic mass is 10.1. The van der Waals surface area contributed by atoms with Crippen molar-refractivity contribution in [3.8, 4) is 0 Å². The van der Waals surface area contributed by atoms with Crippen molar-refractivity contribution < 1.29 is 14.3 Å². The van der Waals surface area contributed by atoms with Crippen LogP contribution in [0.15, 0.2) is 24.3 Å². The fourth-order valence-electron chi connectivity index (χ4n) is 2.35. The maximum atomic E-state index is 12.3. The number of fused-ring (bicyclic) bond motifs is 1. The molecule has 1 heterocycles. The molecule has 2 amide bonds. The monoisotopic (exact) mass is 291 g/mol. The van der Waals surface area contributed by atoms with E-state index in [1.165, 1.54) is 4.90 Å². The van der Waals surface area contributed by atoms with Gasteiger partial charge in [-0.2, -0.15) is 0 Å². The van der Waals surface area contributed by atoms with Crippen LogP contribution in [0.5, 0.6) is 0 Å². The first-order valence-electron chi connectivity index (χ1n) is 6.97. The summed E-state index contributed by atoms with van der Waals surface area (Å²) in [4.78, 5) is 25.5. The Morgan fingerprint density at radius 3 is 2.90 bits per heavy atom. The molecule has 0 aromatic heterocycles. The van der Waals surface area contributed by atoms with Crippen LogP contribution in [0.2, 0.25) is 0 Å². The van der Waals surface area contributed by atoms with Gasteiger partial charge in [0.2, 0.25) is 11.8 Å². The number of nitrogens with zero attached hydrogens (tertiary/aromatic N) is 1. The highest BCUT2D eigenvalue weighted by atomic mass is 16.5. The van der Waals surface area contributed by atoms with Crippen LogP contribution in [0.1, 0.15) is 5.56 Å². The number of ether oxygens (including phenoxy) is 1. The molecule has 6 nitrogen and oxygen atoms in total. The Morgan fingerprint density at radius 2 is 2.19 bits per heavy atom. The zero-order valence-electron chi connectivity index (χ0n) is 12.4. The lowest BCUT2D eigenvalue weighted by molar-refractivity contribution is -0.135. The number of hydrogen-bond acceptors (Lipinski definition) is 4. The number of nitrogens with one attached hydrogen (secondary N) is 2. The minimum absolute atomic E-state index is 0.0527. The molecule has 114 valence electrons. The molecule has 1 aromatic rings. The topological polar surface area (TPSA) is 70.7 Å². The second kappa shape index (κ2) is 7.08. The number of hydrogen-bond donors (Lipinski definition) is 2. The quantitative estimate of drug-likeness (QED) is 0.737. The van der Waals surface area contributed by atoms with Crippen molar-refractivity contribution in [1.82, 2.24) is 10.2 Å². The number of rotatable bonds is 6. The number of amides is 2. The van der Waals surface area contributed by atoms with Crippen LogP contribution in [0.4, 0.5) is 5.69 Å². The predicted molar refractivity (Wildman–Crippen MR) is 80.1 cm³/mol. The van der Waals surface area contributed by atoms with E-state index in [1.54, 1.807) is 14.2 Å². The highest BCUT2D eigenvalue weighted by Crippen LogP contribution is 2.25. The van der Waals surface area contributed by atoms with Crippen molar-refractivity contribution in [3.05, 3.63) is 29.8 Å². The van der Waals surface area contributed by atoms with Gasteiger partial charge in [-0.15, -0.1) is 0 Å². The summed E-state index contributed by atoms with van der Waals surface area (Å²) in [5.74, 6) is -0.258. The highest BCUT2D eigenvalue weighted by Gasteiger charge is 2.29. The fourth-order valence-corrected chi connectivity index (χ4v) is 2.35. The van der Waals surface area contributed by atoms with Gasteiger partial charge in [0.05, 0.1) is 13.2 Å². The summed E-state index contributed by atoms with van der Waals surface area (Å²) in [7, 11) is 3.22. The van der Waals surface area contributed by atoms with Gasteiger partial charge < -0.3 is 20.3 Å². The third-order valence-electron chi connectivity index (χ3n) is 3.45. The van der Waals surface area contributed by atoms with Crippen LogP contribution in [0.3, 0.4) is 0 Å². The van der Waals surface area contributed by atoms with Crippen molar-refractivity contribution in [3.63, 3.8) is 0 Å². The zero-order chi connectivity index (χ0) is 15.2. The average Bonchev–Trinajstić information content (AvgIpc) is 2.90. The molecular weight excluding hydrogens is 270 g/mol. The molecule has 0 aliphatic carbocycles. The summed E-state index contributed by atoms with van der Waals surface area (Å²) < 4.78 is 4.86.